The average molecular weight is 739 g/mol. The number of halogens is 1. The van der Waals surface area contributed by atoms with Gasteiger partial charge in [-0.05, 0) is 99.9 Å². The second-order valence-corrected chi connectivity index (χ2v) is 17.2. The molecule has 3 aromatic carbocycles. The minimum atomic E-state index is -3.19. The van der Waals surface area contributed by atoms with E-state index in [9.17, 15) is 8.42 Å². The molecule has 0 atom stereocenters. The van der Waals surface area contributed by atoms with Crippen molar-refractivity contribution in [2.75, 3.05) is 91.0 Å². The van der Waals surface area contributed by atoms with Gasteiger partial charge in [0.05, 0.1) is 23.7 Å². The van der Waals surface area contributed by atoms with Crippen LogP contribution in [0.25, 0.3) is 10.9 Å². The molecule has 0 spiro atoms. The Hall–Kier alpha value is -2.61. The van der Waals surface area contributed by atoms with Crippen molar-refractivity contribution < 1.29 is 13.5 Å². The number of benzene rings is 3. The van der Waals surface area contributed by atoms with E-state index in [2.05, 4.69) is 75.1 Å². The van der Waals surface area contributed by atoms with Gasteiger partial charge in [0, 0.05) is 90.8 Å². The number of likely N-dealkylation sites (N-methyl/N-ethyl adjacent to an activating group) is 1. The molecule has 0 radical (unpaired) electrons. The molecule has 9 nitrogen and oxygen atoms in total. The monoisotopic (exact) mass is 738 g/mol. The van der Waals surface area contributed by atoms with Gasteiger partial charge < -0.3 is 24.8 Å². The van der Waals surface area contributed by atoms with Crippen LogP contribution in [-0.4, -0.2) is 124 Å². The first-order valence-electron chi connectivity index (χ1n) is 17.8. The number of β-amino-alcohol motifs (C(OH)–C–C–N with tert-alkyl or cyclic N) is 1. The maximum atomic E-state index is 12.5. The second-order valence-electron chi connectivity index (χ2n) is 13.7. The normalized spacial score (nSPS) is 17.2. The molecule has 0 bridgehead atoms. The minimum Gasteiger partial charge on any atom is -0.395 e. The fraction of sp³-hybridized carbons (Fsp3) is 0.474. The SMILES string of the molecule is CN(C)CCc1c[nH]c2ccc(CS(=O)(=O)N3CCCC3)cc12.OCCN1CCN(CCCN2c3ccccc3Sc3ccc(Cl)cc32)CC1. The highest BCUT2D eigenvalue weighted by Gasteiger charge is 2.26. The number of anilines is 2. The van der Waals surface area contributed by atoms with Crippen LogP contribution in [0.2, 0.25) is 5.02 Å². The standard InChI is InChI=1S/C21H26ClN3OS.C17H25N3O2S/c22-17-6-7-21-19(16-17)25(18-4-1-2-5-20(18)27-21)9-3-8-23-10-12-24(13-11-23)14-15-26;1-19(2)10-7-15-12-18-17-6-5-14(11-16(15)17)13-23(21,22)20-8-3-4-9-20/h1-2,4-7,16,26H,3,8-15H2;5-6,11-12,18H,3-4,7-10,13H2,1-2H3. The van der Waals surface area contributed by atoms with Crippen LogP contribution in [0.15, 0.2) is 76.7 Å². The first kappa shape index (κ1) is 37.2. The summed E-state index contributed by atoms with van der Waals surface area (Å²) in [6, 6.07) is 20.8. The molecular formula is C38H51ClN6O3S2. The first-order chi connectivity index (χ1) is 24.2. The van der Waals surface area contributed by atoms with Gasteiger partial charge in [-0.25, -0.2) is 12.7 Å². The predicted octanol–water partition coefficient (Wildman–Crippen LogP) is 6.14. The van der Waals surface area contributed by atoms with Crippen molar-refractivity contribution in [1.29, 1.82) is 0 Å². The number of aromatic nitrogens is 1. The second kappa shape index (κ2) is 17.3. The summed E-state index contributed by atoms with van der Waals surface area (Å²) in [6.07, 6.45) is 6.06. The Balaban J connectivity index is 0.000000175. The summed E-state index contributed by atoms with van der Waals surface area (Å²) >= 11 is 8.12. The molecule has 0 amide bonds. The fourth-order valence-electron chi connectivity index (χ4n) is 7.01. The van der Waals surface area contributed by atoms with Crippen LogP contribution in [0.3, 0.4) is 0 Å². The van der Waals surface area contributed by atoms with Crippen molar-refractivity contribution in [3.05, 3.63) is 83.0 Å². The summed E-state index contributed by atoms with van der Waals surface area (Å²) in [5, 5.41) is 11.0. The third-order valence-electron chi connectivity index (χ3n) is 9.79. The van der Waals surface area contributed by atoms with Crippen LogP contribution in [0.4, 0.5) is 11.4 Å². The maximum Gasteiger partial charge on any atom is 0.218 e. The lowest BCUT2D eigenvalue weighted by atomic mass is 10.1. The van der Waals surface area contributed by atoms with Crippen LogP contribution in [-0.2, 0) is 22.2 Å². The van der Waals surface area contributed by atoms with Crippen molar-refractivity contribution in [3.8, 4) is 0 Å². The fourth-order valence-corrected chi connectivity index (χ4v) is 9.85. The molecule has 2 fully saturated rings. The van der Waals surface area contributed by atoms with E-state index in [-0.39, 0.29) is 12.4 Å². The van der Waals surface area contributed by atoms with Gasteiger partial charge in [-0.15, -0.1) is 0 Å². The minimum absolute atomic E-state index is 0.0985. The van der Waals surface area contributed by atoms with Crippen molar-refractivity contribution in [3.63, 3.8) is 0 Å². The maximum absolute atomic E-state index is 12.5. The number of aliphatic hydroxyl groups is 1. The van der Waals surface area contributed by atoms with E-state index in [1.54, 1.807) is 4.31 Å². The van der Waals surface area contributed by atoms with Gasteiger partial charge in [0.25, 0.3) is 0 Å². The molecule has 3 aliphatic heterocycles. The van der Waals surface area contributed by atoms with E-state index < -0.39 is 10.0 Å². The number of para-hydroxylation sites is 1. The zero-order valence-electron chi connectivity index (χ0n) is 29.4. The van der Waals surface area contributed by atoms with Gasteiger partial charge in [-0.3, -0.25) is 4.90 Å². The Morgan fingerprint density at radius 1 is 0.860 bits per heavy atom. The molecule has 270 valence electrons. The third-order valence-corrected chi connectivity index (χ3v) is 13.0. The van der Waals surface area contributed by atoms with E-state index >= 15 is 0 Å². The number of nitrogens with zero attached hydrogens (tertiary/aromatic N) is 5. The number of rotatable bonds is 12. The number of H-pyrrole nitrogens is 1. The van der Waals surface area contributed by atoms with Crippen LogP contribution in [0.5, 0.6) is 0 Å². The molecule has 0 unspecified atom stereocenters. The molecule has 2 saturated heterocycles. The Morgan fingerprint density at radius 3 is 2.32 bits per heavy atom. The Bertz CT molecular complexity index is 1820. The summed E-state index contributed by atoms with van der Waals surface area (Å²) in [4.78, 5) is 15.3. The zero-order chi connectivity index (χ0) is 35.1. The van der Waals surface area contributed by atoms with E-state index in [0.717, 1.165) is 99.5 Å². The summed E-state index contributed by atoms with van der Waals surface area (Å²) in [7, 11) is 0.928. The summed E-state index contributed by atoms with van der Waals surface area (Å²) in [6.45, 7) is 9.77. The Kier molecular flexibility index (Phi) is 12.8. The summed E-state index contributed by atoms with van der Waals surface area (Å²) in [5.74, 6) is 0.0985. The van der Waals surface area contributed by atoms with E-state index in [1.807, 2.05) is 42.2 Å². The Labute approximate surface area is 307 Å². The van der Waals surface area contributed by atoms with Gasteiger partial charge in [-0.1, -0.05) is 41.6 Å². The molecule has 7 rings (SSSR count). The lowest BCUT2D eigenvalue weighted by Gasteiger charge is -2.36. The third kappa shape index (κ3) is 9.43. The highest BCUT2D eigenvalue weighted by molar-refractivity contribution is 7.99. The van der Waals surface area contributed by atoms with Crippen LogP contribution in [0.1, 0.15) is 30.4 Å². The number of hydrogen-bond acceptors (Lipinski definition) is 8. The topological polar surface area (TPSA) is 86.4 Å². The van der Waals surface area contributed by atoms with Gasteiger partial charge in [0.1, 0.15) is 0 Å². The van der Waals surface area contributed by atoms with Crippen LogP contribution >= 0.6 is 23.4 Å². The molecular weight excluding hydrogens is 688 g/mol. The van der Waals surface area contributed by atoms with Crippen LogP contribution < -0.4 is 4.90 Å². The van der Waals surface area contributed by atoms with Gasteiger partial charge >= 0.3 is 0 Å². The predicted molar refractivity (Wildman–Crippen MR) is 208 cm³/mol. The molecule has 50 heavy (non-hydrogen) atoms. The van der Waals surface area contributed by atoms with E-state index in [1.165, 1.54) is 26.7 Å². The smallest absolute Gasteiger partial charge is 0.218 e. The van der Waals surface area contributed by atoms with Crippen molar-refractivity contribution >= 4 is 55.7 Å². The van der Waals surface area contributed by atoms with Crippen molar-refractivity contribution in [2.45, 2.75) is 41.2 Å². The lowest BCUT2D eigenvalue weighted by Crippen LogP contribution is -2.47. The number of fused-ring (bicyclic) bond motifs is 3. The molecule has 4 heterocycles. The molecule has 3 aliphatic rings. The van der Waals surface area contributed by atoms with Crippen LogP contribution in [0, 0.1) is 0 Å². The molecule has 0 aliphatic carbocycles. The highest BCUT2D eigenvalue weighted by Crippen LogP contribution is 2.48. The summed E-state index contributed by atoms with van der Waals surface area (Å²) in [5.41, 5.74) is 5.69. The number of aromatic amines is 1. The average Bonchev–Trinajstić information content (AvgIpc) is 3.80. The van der Waals surface area contributed by atoms with Crippen molar-refractivity contribution in [2.24, 2.45) is 0 Å². The Morgan fingerprint density at radius 2 is 1.58 bits per heavy atom. The quantitative estimate of drug-likeness (QED) is 0.180. The molecule has 12 heteroatoms. The molecule has 0 saturated carbocycles. The highest BCUT2D eigenvalue weighted by atomic mass is 35.5. The number of aliphatic hydroxyl groups excluding tert-OH is 1. The zero-order valence-corrected chi connectivity index (χ0v) is 31.7. The van der Waals surface area contributed by atoms with E-state index in [0.29, 0.717) is 13.1 Å². The lowest BCUT2D eigenvalue weighted by molar-refractivity contribution is 0.112. The number of hydrogen-bond donors (Lipinski definition) is 2. The molecule has 2 N–H and O–H groups in total. The molecule has 1 aromatic heterocycles. The number of nitrogens with one attached hydrogen (secondary N) is 1. The van der Waals surface area contributed by atoms with E-state index in [4.69, 9.17) is 16.7 Å². The van der Waals surface area contributed by atoms with Gasteiger partial charge in [-0.2, -0.15) is 0 Å². The first-order valence-corrected chi connectivity index (χ1v) is 20.6. The van der Waals surface area contributed by atoms with Crippen molar-refractivity contribution in [1.82, 2.24) is 24.0 Å². The van der Waals surface area contributed by atoms with Gasteiger partial charge in [0.15, 0.2) is 0 Å². The summed E-state index contributed by atoms with van der Waals surface area (Å²) < 4.78 is 26.6. The number of sulfonamides is 1. The number of piperazine rings is 1. The largest absolute Gasteiger partial charge is 0.395 e. The van der Waals surface area contributed by atoms with Gasteiger partial charge in [0.2, 0.25) is 10.0 Å². The molecule has 4 aromatic rings.